The molecule has 0 bridgehead atoms. The Morgan fingerprint density at radius 1 is 1.11 bits per heavy atom. The molecule has 3 rings (SSSR count). The number of fused-ring (bicyclic) bond motifs is 1. The zero-order valence-corrected chi connectivity index (χ0v) is 17.3. The number of unbranched alkanes of at least 4 members (excludes halogenated alkanes) is 3. The summed E-state index contributed by atoms with van der Waals surface area (Å²) in [4.78, 5) is 35.3. The molecule has 3 amide bonds. The predicted octanol–water partition coefficient (Wildman–Crippen LogP) is 2.16. The van der Waals surface area contributed by atoms with Gasteiger partial charge in [0.05, 0.1) is 6.54 Å². The van der Waals surface area contributed by atoms with Gasteiger partial charge in [-0.15, -0.1) is 0 Å². The number of hydrogen-bond acceptors (Lipinski definition) is 4. The summed E-state index contributed by atoms with van der Waals surface area (Å²) in [6.45, 7) is 7.12. The molecule has 27 heavy (non-hydrogen) atoms. The maximum absolute atomic E-state index is 12.9. The third-order valence-electron chi connectivity index (χ3n) is 6.15. The summed E-state index contributed by atoms with van der Waals surface area (Å²) in [6, 6.07) is -0.211. The number of hydrogen-bond donors (Lipinski definition) is 0. The van der Waals surface area contributed by atoms with Gasteiger partial charge in [-0.25, -0.2) is 9.37 Å². The van der Waals surface area contributed by atoms with E-state index in [1.165, 1.54) is 41.9 Å². The summed E-state index contributed by atoms with van der Waals surface area (Å²) >= 11 is 0. The van der Waals surface area contributed by atoms with Crippen molar-refractivity contribution in [3.8, 4) is 0 Å². The van der Waals surface area contributed by atoms with E-state index in [1.54, 1.807) is 14.1 Å². The average Bonchev–Trinajstić information content (AvgIpc) is 3.02. The van der Waals surface area contributed by atoms with E-state index in [4.69, 9.17) is 4.99 Å². The third kappa shape index (κ3) is 3.93. The number of likely N-dealkylation sites (tertiary alicyclic amines) is 1. The highest BCUT2D eigenvalue weighted by Gasteiger charge is 2.52. The molecule has 0 aromatic heterocycles. The van der Waals surface area contributed by atoms with Gasteiger partial charge in [0, 0.05) is 20.1 Å². The topological polar surface area (TPSA) is 59.2 Å². The van der Waals surface area contributed by atoms with Crippen molar-refractivity contribution in [2.45, 2.75) is 70.9 Å². The van der Waals surface area contributed by atoms with E-state index in [-0.39, 0.29) is 11.9 Å². The molecular formula is C20H34N5O2+. The monoisotopic (exact) mass is 376 g/mol. The fourth-order valence-corrected chi connectivity index (χ4v) is 4.32. The lowest BCUT2D eigenvalue weighted by atomic mass is 10.0. The second-order valence-electron chi connectivity index (χ2n) is 8.10. The van der Waals surface area contributed by atoms with Crippen LogP contribution in [0.1, 0.15) is 58.8 Å². The van der Waals surface area contributed by atoms with Gasteiger partial charge in [0.25, 0.3) is 17.8 Å². The van der Waals surface area contributed by atoms with Gasteiger partial charge in [-0.1, -0.05) is 26.2 Å². The molecule has 3 aliphatic rings. The van der Waals surface area contributed by atoms with E-state index in [9.17, 15) is 9.59 Å². The summed E-state index contributed by atoms with van der Waals surface area (Å²) in [5.74, 6) is 1.39. The Labute approximate surface area is 162 Å². The number of likely N-dealkylation sites (N-methyl/N-ethyl adjacent to an activating group) is 2. The number of imide groups is 1. The minimum absolute atomic E-state index is 0.158. The highest BCUT2D eigenvalue weighted by molar-refractivity contribution is 6.23. The predicted molar refractivity (Wildman–Crippen MR) is 106 cm³/mol. The van der Waals surface area contributed by atoms with Crippen LogP contribution in [0.25, 0.3) is 0 Å². The summed E-state index contributed by atoms with van der Waals surface area (Å²) in [5, 5.41) is 0. The van der Waals surface area contributed by atoms with Crippen LogP contribution in [0.4, 0.5) is 4.79 Å². The van der Waals surface area contributed by atoms with Crippen LogP contribution in [-0.4, -0.2) is 88.7 Å². The molecule has 150 valence electrons. The zero-order chi connectivity index (χ0) is 19.6. The van der Waals surface area contributed by atoms with Crippen molar-refractivity contribution in [1.29, 1.82) is 0 Å². The number of amidine groups is 2. The summed E-state index contributed by atoms with van der Waals surface area (Å²) in [7, 11) is 3.29. The minimum atomic E-state index is -0.450. The first kappa shape index (κ1) is 20.0. The van der Waals surface area contributed by atoms with E-state index >= 15 is 0 Å². The fourth-order valence-electron chi connectivity index (χ4n) is 4.32. The molecule has 0 N–H and O–H groups in total. The van der Waals surface area contributed by atoms with Crippen LogP contribution in [0, 0.1) is 0 Å². The van der Waals surface area contributed by atoms with Crippen LogP contribution in [0.2, 0.25) is 0 Å². The van der Waals surface area contributed by atoms with Crippen LogP contribution in [-0.2, 0) is 4.79 Å². The second-order valence-corrected chi connectivity index (χ2v) is 8.10. The average molecular weight is 377 g/mol. The molecule has 0 aromatic rings. The van der Waals surface area contributed by atoms with Crippen molar-refractivity contribution in [2.75, 3.05) is 33.7 Å². The fraction of sp³-hybridized carbons (Fsp3) is 0.800. The number of amides is 3. The van der Waals surface area contributed by atoms with Crippen molar-refractivity contribution in [3.05, 3.63) is 0 Å². The number of urea groups is 1. The first-order valence-electron chi connectivity index (χ1n) is 10.5. The maximum atomic E-state index is 12.9. The number of rotatable bonds is 7. The highest BCUT2D eigenvalue weighted by Crippen LogP contribution is 2.22. The molecule has 0 saturated carbocycles. The molecule has 3 heterocycles. The van der Waals surface area contributed by atoms with Gasteiger partial charge in [0.2, 0.25) is 0 Å². The van der Waals surface area contributed by atoms with Crippen molar-refractivity contribution in [2.24, 2.45) is 4.99 Å². The molecule has 2 atom stereocenters. The van der Waals surface area contributed by atoms with E-state index in [2.05, 4.69) is 23.3 Å². The van der Waals surface area contributed by atoms with Crippen molar-refractivity contribution >= 4 is 23.6 Å². The quantitative estimate of drug-likeness (QED) is 0.505. The maximum Gasteiger partial charge on any atom is 0.333 e. The zero-order valence-electron chi connectivity index (χ0n) is 17.3. The molecule has 7 heteroatoms. The van der Waals surface area contributed by atoms with Gasteiger partial charge in [0.15, 0.2) is 0 Å². The Morgan fingerprint density at radius 3 is 2.59 bits per heavy atom. The number of carbonyl (C=O) groups excluding carboxylic acids is 2. The lowest BCUT2D eigenvalue weighted by Crippen LogP contribution is -2.61. The van der Waals surface area contributed by atoms with E-state index < -0.39 is 6.04 Å². The number of piperidine rings is 1. The lowest BCUT2D eigenvalue weighted by molar-refractivity contribution is -0.537. The Kier molecular flexibility index (Phi) is 6.29. The molecule has 0 spiro atoms. The van der Waals surface area contributed by atoms with E-state index in [0.29, 0.717) is 11.9 Å². The minimum Gasteiger partial charge on any atom is -0.289 e. The molecule has 2 saturated heterocycles. The van der Waals surface area contributed by atoms with Crippen LogP contribution in [0.5, 0.6) is 0 Å². The van der Waals surface area contributed by atoms with Crippen molar-refractivity contribution in [1.82, 2.24) is 14.7 Å². The molecular weight excluding hydrogens is 342 g/mol. The van der Waals surface area contributed by atoms with Gasteiger partial charge in [-0.3, -0.25) is 19.5 Å². The Hall–Kier alpha value is -1.76. The van der Waals surface area contributed by atoms with Gasteiger partial charge in [0.1, 0.15) is 6.54 Å². The van der Waals surface area contributed by atoms with Gasteiger partial charge in [-0.2, -0.15) is 0 Å². The number of aliphatic imine (C=N–C) groups is 1. The van der Waals surface area contributed by atoms with E-state index in [0.717, 1.165) is 38.3 Å². The van der Waals surface area contributed by atoms with Gasteiger partial charge < -0.3 is 0 Å². The number of carbonyl (C=O) groups is 2. The Balaban J connectivity index is 1.86. The molecule has 2 unspecified atom stereocenters. The Morgan fingerprint density at radius 2 is 1.89 bits per heavy atom. The molecule has 3 aliphatic heterocycles. The Bertz CT molecular complexity index is 657. The van der Waals surface area contributed by atoms with Crippen LogP contribution >= 0.6 is 0 Å². The molecule has 2 fully saturated rings. The second kappa shape index (κ2) is 8.50. The van der Waals surface area contributed by atoms with Gasteiger partial charge >= 0.3 is 11.9 Å². The summed E-state index contributed by atoms with van der Waals surface area (Å²) in [6.07, 6.45) is 8.30. The SMILES string of the molecule is CCCCCC[N+]1=C(CN2CCCCC2C)N=C2C1C(=O)N(C)C(=O)N2C. The van der Waals surface area contributed by atoms with E-state index in [1.807, 2.05) is 0 Å². The normalized spacial score (nSPS) is 26.7. The first-order valence-corrected chi connectivity index (χ1v) is 10.5. The lowest BCUT2D eigenvalue weighted by Gasteiger charge is -2.32. The van der Waals surface area contributed by atoms with Gasteiger partial charge in [-0.05, 0) is 44.1 Å². The first-order chi connectivity index (χ1) is 13.0. The largest absolute Gasteiger partial charge is 0.333 e. The smallest absolute Gasteiger partial charge is 0.289 e. The van der Waals surface area contributed by atoms with Crippen LogP contribution < -0.4 is 0 Å². The number of nitrogens with zero attached hydrogens (tertiary/aromatic N) is 5. The molecule has 7 nitrogen and oxygen atoms in total. The van der Waals surface area contributed by atoms with Crippen molar-refractivity contribution in [3.63, 3.8) is 0 Å². The van der Waals surface area contributed by atoms with Crippen LogP contribution in [0.3, 0.4) is 0 Å². The highest BCUT2D eigenvalue weighted by atomic mass is 16.2. The molecule has 0 radical (unpaired) electrons. The summed E-state index contributed by atoms with van der Waals surface area (Å²) in [5.41, 5.74) is 0. The molecule has 0 aromatic carbocycles. The van der Waals surface area contributed by atoms with Crippen molar-refractivity contribution < 1.29 is 14.2 Å². The molecule has 0 aliphatic carbocycles. The standard InChI is InChI=1S/C20H34N5O2/c1-5-6-7-9-13-25-16(14-24-12-10-8-11-15(24)2)21-18-17(25)19(26)23(4)20(27)22(18)3/h15,17H,5-14H2,1-4H3/q+1. The van der Waals surface area contributed by atoms with Crippen LogP contribution in [0.15, 0.2) is 4.99 Å². The summed E-state index contributed by atoms with van der Waals surface area (Å²) < 4.78 is 2.16. The third-order valence-corrected chi connectivity index (χ3v) is 6.15.